The lowest BCUT2D eigenvalue weighted by molar-refractivity contribution is -0.135. The van der Waals surface area contributed by atoms with Gasteiger partial charge < -0.3 is 9.80 Å². The predicted octanol–water partition coefficient (Wildman–Crippen LogP) is 6.78. The maximum absolute atomic E-state index is 13.8. The Hall–Kier alpha value is -2.34. The van der Waals surface area contributed by atoms with Crippen molar-refractivity contribution in [3.8, 4) is 0 Å². The van der Waals surface area contributed by atoms with Crippen molar-refractivity contribution < 1.29 is 9.59 Å². The molecule has 2 amide bonds. The fourth-order valence-electron chi connectivity index (χ4n) is 4.32. The molecule has 2 aromatic carbocycles. The van der Waals surface area contributed by atoms with Crippen LogP contribution in [0.5, 0.6) is 0 Å². The van der Waals surface area contributed by atoms with Crippen molar-refractivity contribution in [3.63, 3.8) is 0 Å². The molecule has 1 unspecified atom stereocenters. The molecule has 2 heterocycles. The molecule has 1 aromatic heterocycles. The van der Waals surface area contributed by atoms with Crippen LogP contribution in [-0.4, -0.2) is 40.2 Å². The third kappa shape index (κ3) is 5.02. The van der Waals surface area contributed by atoms with Gasteiger partial charge in [0.15, 0.2) is 0 Å². The summed E-state index contributed by atoms with van der Waals surface area (Å²) in [4.78, 5) is 32.1. The third-order valence-electron chi connectivity index (χ3n) is 6.19. The first-order valence-electron chi connectivity index (χ1n) is 11.3. The van der Waals surface area contributed by atoms with Gasteiger partial charge in [-0.1, -0.05) is 53.0 Å². The quantitative estimate of drug-likeness (QED) is 0.385. The fourth-order valence-corrected chi connectivity index (χ4v) is 5.52. The number of hydrogen-bond acceptors (Lipinski definition) is 3. The van der Waals surface area contributed by atoms with Gasteiger partial charge in [0, 0.05) is 22.5 Å². The minimum Gasteiger partial charge on any atom is -0.330 e. The van der Waals surface area contributed by atoms with Gasteiger partial charge in [0.05, 0.1) is 16.1 Å². The van der Waals surface area contributed by atoms with Crippen molar-refractivity contribution in [2.75, 3.05) is 13.1 Å². The Balaban J connectivity index is 1.65. The Morgan fingerprint density at radius 2 is 1.76 bits per heavy atom. The monoisotopic (exact) mass is 514 g/mol. The standard InChI is InChI=1S/C27H28Cl2N2O2S/c1-17-5-7-18(8-6-17)25-20-12-14-34-23(20)11-13-30(25)24(32)16-31(27(2,3)4)26(33)19-9-10-21(28)22(29)15-19/h5-10,12,14-15,25H,11,13,16H2,1-4H3. The summed E-state index contributed by atoms with van der Waals surface area (Å²) in [5, 5.41) is 2.79. The predicted molar refractivity (Wildman–Crippen MR) is 140 cm³/mol. The number of carbonyl (C=O) groups is 2. The molecule has 0 radical (unpaired) electrons. The number of amides is 2. The molecular formula is C27H28Cl2N2O2S. The number of halogens is 2. The number of aryl methyl sites for hydroxylation is 1. The van der Waals surface area contributed by atoms with E-state index >= 15 is 0 Å². The maximum Gasteiger partial charge on any atom is 0.254 e. The Labute approximate surface area is 215 Å². The van der Waals surface area contributed by atoms with Crippen molar-refractivity contribution in [3.05, 3.63) is 91.1 Å². The molecule has 178 valence electrons. The highest BCUT2D eigenvalue weighted by molar-refractivity contribution is 7.10. The van der Waals surface area contributed by atoms with Gasteiger partial charge in [-0.15, -0.1) is 11.3 Å². The first kappa shape index (κ1) is 24.8. The summed E-state index contributed by atoms with van der Waals surface area (Å²) in [7, 11) is 0. The molecule has 4 nitrogen and oxygen atoms in total. The Morgan fingerprint density at radius 3 is 2.41 bits per heavy atom. The summed E-state index contributed by atoms with van der Waals surface area (Å²) < 4.78 is 0. The van der Waals surface area contributed by atoms with Crippen LogP contribution in [0.1, 0.15) is 58.7 Å². The number of benzene rings is 2. The molecule has 1 atom stereocenters. The van der Waals surface area contributed by atoms with E-state index < -0.39 is 5.54 Å². The summed E-state index contributed by atoms with van der Waals surface area (Å²) >= 11 is 13.9. The summed E-state index contributed by atoms with van der Waals surface area (Å²) in [6.45, 7) is 8.44. The fraction of sp³-hybridized carbons (Fsp3) is 0.333. The summed E-state index contributed by atoms with van der Waals surface area (Å²) in [5.41, 5.74) is 3.27. The zero-order valence-corrected chi connectivity index (χ0v) is 22.1. The molecule has 1 aliphatic rings. The van der Waals surface area contributed by atoms with Crippen LogP contribution in [0.2, 0.25) is 10.0 Å². The third-order valence-corrected chi connectivity index (χ3v) is 7.93. The number of thiophene rings is 1. The normalized spacial score (nSPS) is 15.7. The minimum atomic E-state index is -0.568. The summed E-state index contributed by atoms with van der Waals surface area (Å²) in [5.74, 6) is -0.328. The van der Waals surface area contributed by atoms with Crippen LogP contribution in [0, 0.1) is 6.92 Å². The van der Waals surface area contributed by atoms with Crippen LogP contribution in [0.4, 0.5) is 0 Å². The second-order valence-electron chi connectivity index (χ2n) is 9.64. The summed E-state index contributed by atoms with van der Waals surface area (Å²) in [6, 6.07) is 15.1. The highest BCUT2D eigenvalue weighted by Crippen LogP contribution is 2.38. The first-order valence-corrected chi connectivity index (χ1v) is 12.9. The SMILES string of the molecule is Cc1ccc(C2c3ccsc3CCN2C(=O)CN(C(=O)c2ccc(Cl)c(Cl)c2)C(C)(C)C)cc1. The van der Waals surface area contributed by atoms with Gasteiger partial charge in [0.25, 0.3) is 5.91 Å². The second kappa shape index (κ2) is 9.73. The van der Waals surface area contributed by atoms with Gasteiger partial charge in [0.2, 0.25) is 5.91 Å². The Kier molecular flexibility index (Phi) is 7.09. The van der Waals surface area contributed by atoms with Gasteiger partial charge in [0.1, 0.15) is 6.54 Å². The minimum absolute atomic E-state index is 0.0234. The van der Waals surface area contributed by atoms with Crippen LogP contribution in [-0.2, 0) is 11.2 Å². The number of hydrogen-bond donors (Lipinski definition) is 0. The molecule has 0 bridgehead atoms. The molecule has 7 heteroatoms. The van der Waals surface area contributed by atoms with E-state index in [0.717, 1.165) is 12.0 Å². The number of nitrogens with zero attached hydrogens (tertiary/aromatic N) is 2. The molecule has 0 spiro atoms. The van der Waals surface area contributed by atoms with E-state index in [4.69, 9.17) is 23.2 Å². The van der Waals surface area contributed by atoms with Crippen molar-refractivity contribution in [1.29, 1.82) is 0 Å². The molecule has 4 rings (SSSR count). The molecule has 3 aromatic rings. The van der Waals surface area contributed by atoms with Crippen molar-refractivity contribution in [2.24, 2.45) is 0 Å². The smallest absolute Gasteiger partial charge is 0.254 e. The molecule has 0 aliphatic carbocycles. The number of fused-ring (bicyclic) bond motifs is 1. The van der Waals surface area contributed by atoms with Gasteiger partial charge >= 0.3 is 0 Å². The van der Waals surface area contributed by atoms with E-state index in [2.05, 4.69) is 42.6 Å². The molecule has 0 saturated heterocycles. The van der Waals surface area contributed by atoms with Crippen LogP contribution in [0.15, 0.2) is 53.9 Å². The molecular weight excluding hydrogens is 487 g/mol. The number of carbonyl (C=O) groups excluding carboxylic acids is 2. The molecule has 34 heavy (non-hydrogen) atoms. The van der Waals surface area contributed by atoms with E-state index in [1.807, 2.05) is 25.7 Å². The van der Waals surface area contributed by atoms with Crippen LogP contribution >= 0.6 is 34.5 Å². The highest BCUT2D eigenvalue weighted by atomic mass is 35.5. The average molecular weight is 516 g/mol. The van der Waals surface area contributed by atoms with E-state index in [9.17, 15) is 9.59 Å². The van der Waals surface area contributed by atoms with E-state index in [1.54, 1.807) is 34.4 Å². The van der Waals surface area contributed by atoms with Gasteiger partial charge in [-0.05, 0) is 74.9 Å². The van der Waals surface area contributed by atoms with Crippen LogP contribution in [0.3, 0.4) is 0 Å². The van der Waals surface area contributed by atoms with Crippen molar-refractivity contribution >= 4 is 46.4 Å². The van der Waals surface area contributed by atoms with E-state index in [0.29, 0.717) is 22.2 Å². The van der Waals surface area contributed by atoms with Crippen molar-refractivity contribution in [1.82, 2.24) is 9.80 Å². The van der Waals surface area contributed by atoms with Gasteiger partial charge in [-0.3, -0.25) is 9.59 Å². The molecule has 0 fully saturated rings. The molecule has 1 aliphatic heterocycles. The molecule has 0 N–H and O–H groups in total. The van der Waals surface area contributed by atoms with E-state index in [-0.39, 0.29) is 24.4 Å². The topological polar surface area (TPSA) is 40.6 Å². The van der Waals surface area contributed by atoms with Crippen molar-refractivity contribution in [2.45, 2.75) is 45.7 Å². The largest absolute Gasteiger partial charge is 0.330 e. The average Bonchev–Trinajstić information content (AvgIpc) is 3.27. The van der Waals surface area contributed by atoms with Gasteiger partial charge in [-0.25, -0.2) is 0 Å². The highest BCUT2D eigenvalue weighted by Gasteiger charge is 2.36. The lowest BCUT2D eigenvalue weighted by Crippen LogP contribution is -2.52. The second-order valence-corrected chi connectivity index (χ2v) is 11.5. The maximum atomic E-state index is 13.8. The Bertz CT molecular complexity index is 1210. The Morgan fingerprint density at radius 1 is 1.06 bits per heavy atom. The lowest BCUT2D eigenvalue weighted by Gasteiger charge is -2.40. The lowest BCUT2D eigenvalue weighted by atomic mass is 9.92. The van der Waals surface area contributed by atoms with Gasteiger partial charge in [-0.2, -0.15) is 0 Å². The van der Waals surface area contributed by atoms with Crippen LogP contribution < -0.4 is 0 Å². The molecule has 0 saturated carbocycles. The number of rotatable bonds is 4. The van der Waals surface area contributed by atoms with E-state index in [1.165, 1.54) is 16.0 Å². The first-order chi connectivity index (χ1) is 16.1. The zero-order valence-electron chi connectivity index (χ0n) is 19.8. The summed E-state index contributed by atoms with van der Waals surface area (Å²) in [6.07, 6.45) is 0.817. The van der Waals surface area contributed by atoms with Crippen LogP contribution in [0.25, 0.3) is 0 Å². The zero-order chi connectivity index (χ0) is 24.6.